The Kier molecular flexibility index (Phi) is 4.89. The molecule has 0 aliphatic heterocycles. The Morgan fingerprint density at radius 2 is 2.30 bits per heavy atom. The summed E-state index contributed by atoms with van der Waals surface area (Å²) in [7, 11) is 3.73. The van der Waals surface area contributed by atoms with Crippen molar-refractivity contribution in [2.24, 2.45) is 0 Å². The second-order valence-corrected chi connectivity index (χ2v) is 5.20. The first-order chi connectivity index (χ1) is 9.66. The number of hydrogen-bond acceptors (Lipinski definition) is 5. The number of hydrogen-bond donors (Lipinski definition) is 2. The Hall–Kier alpha value is -2.15. The summed E-state index contributed by atoms with van der Waals surface area (Å²) < 4.78 is 0. The molecule has 2 heterocycles. The van der Waals surface area contributed by atoms with Gasteiger partial charge in [0.25, 0.3) is 0 Å². The van der Waals surface area contributed by atoms with Crippen molar-refractivity contribution in [1.82, 2.24) is 15.3 Å². The van der Waals surface area contributed by atoms with E-state index in [1.165, 1.54) is 11.9 Å². The first-order valence-electron chi connectivity index (χ1n) is 6.20. The molecule has 0 radical (unpaired) electrons. The molecule has 0 spiro atoms. The lowest BCUT2D eigenvalue weighted by Gasteiger charge is -2.15. The molecule has 20 heavy (non-hydrogen) atoms. The molecular weight excluding hydrogens is 274 g/mol. The van der Waals surface area contributed by atoms with Gasteiger partial charge in [0.2, 0.25) is 0 Å². The van der Waals surface area contributed by atoms with Crippen LogP contribution in [-0.2, 0) is 6.42 Å². The average molecular weight is 291 g/mol. The number of nitrogens with one attached hydrogen (secondary N) is 2. The van der Waals surface area contributed by atoms with Crippen LogP contribution in [0.1, 0.15) is 5.56 Å². The van der Waals surface area contributed by atoms with Gasteiger partial charge in [0.05, 0.1) is 6.20 Å². The third-order valence-electron chi connectivity index (χ3n) is 2.64. The summed E-state index contributed by atoms with van der Waals surface area (Å²) in [6.07, 6.45) is 3.86. The molecule has 0 unspecified atom stereocenters. The van der Waals surface area contributed by atoms with Gasteiger partial charge in [-0.05, 0) is 28.8 Å². The molecule has 2 aromatic heterocycles. The van der Waals surface area contributed by atoms with Gasteiger partial charge in [-0.3, -0.25) is 0 Å². The van der Waals surface area contributed by atoms with Gasteiger partial charge in [-0.15, -0.1) is 0 Å². The van der Waals surface area contributed by atoms with Gasteiger partial charge in [-0.1, -0.05) is 0 Å². The summed E-state index contributed by atoms with van der Waals surface area (Å²) in [6, 6.07) is 1.80. The van der Waals surface area contributed by atoms with Crippen molar-refractivity contribution in [3.63, 3.8) is 0 Å². The summed E-state index contributed by atoms with van der Waals surface area (Å²) in [5.74, 6) is 0.674. The minimum absolute atomic E-state index is 0.252. The van der Waals surface area contributed by atoms with Crippen LogP contribution in [0.4, 0.5) is 16.3 Å². The minimum atomic E-state index is -0.252. The molecule has 0 saturated carbocycles. The van der Waals surface area contributed by atoms with Crippen molar-refractivity contribution in [3.8, 4) is 0 Å². The second kappa shape index (κ2) is 6.85. The topological polar surface area (TPSA) is 70.2 Å². The Morgan fingerprint density at radius 3 is 3.00 bits per heavy atom. The number of amides is 2. The molecular formula is C13H17N5OS. The maximum atomic E-state index is 11.8. The molecule has 0 atom stereocenters. The highest BCUT2D eigenvalue weighted by Gasteiger charge is 2.09. The zero-order chi connectivity index (χ0) is 14.4. The monoisotopic (exact) mass is 291 g/mol. The van der Waals surface area contributed by atoms with Gasteiger partial charge < -0.3 is 15.5 Å². The maximum absolute atomic E-state index is 11.8. The van der Waals surface area contributed by atoms with Gasteiger partial charge in [0, 0.05) is 20.6 Å². The summed E-state index contributed by atoms with van der Waals surface area (Å²) in [4.78, 5) is 21.7. The first kappa shape index (κ1) is 14.3. The van der Waals surface area contributed by atoms with Gasteiger partial charge >= 0.3 is 6.03 Å². The lowest BCUT2D eigenvalue weighted by molar-refractivity contribution is 0.252. The zero-order valence-electron chi connectivity index (χ0n) is 11.5. The molecule has 2 aromatic rings. The van der Waals surface area contributed by atoms with E-state index in [-0.39, 0.29) is 6.03 Å². The number of nitrogens with zero attached hydrogens (tertiary/aromatic N) is 3. The molecule has 0 aliphatic rings. The van der Waals surface area contributed by atoms with Gasteiger partial charge in [-0.25, -0.2) is 14.8 Å². The number of carbonyl (C=O) groups is 1. The van der Waals surface area contributed by atoms with Crippen molar-refractivity contribution in [3.05, 3.63) is 34.9 Å². The fourth-order valence-corrected chi connectivity index (χ4v) is 2.39. The third-order valence-corrected chi connectivity index (χ3v) is 3.37. The molecule has 2 N–H and O–H groups in total. The quantitative estimate of drug-likeness (QED) is 0.883. The van der Waals surface area contributed by atoms with Crippen LogP contribution >= 0.6 is 11.3 Å². The summed E-state index contributed by atoms with van der Waals surface area (Å²) in [5.41, 5.74) is 1.82. The van der Waals surface area contributed by atoms with E-state index in [4.69, 9.17) is 0 Å². The zero-order valence-corrected chi connectivity index (χ0v) is 12.3. The normalized spacial score (nSPS) is 10.1. The predicted octanol–water partition coefficient (Wildman–Crippen LogP) is 1.97. The van der Waals surface area contributed by atoms with Crippen molar-refractivity contribution >= 4 is 28.9 Å². The molecule has 2 amide bonds. The van der Waals surface area contributed by atoms with E-state index in [2.05, 4.69) is 32.0 Å². The third kappa shape index (κ3) is 3.92. The summed E-state index contributed by atoms with van der Waals surface area (Å²) >= 11 is 1.66. The molecule has 6 nitrogen and oxygen atoms in total. The molecule has 0 saturated heterocycles. The Labute approximate surface area is 121 Å². The van der Waals surface area contributed by atoms with Crippen LogP contribution in [0.15, 0.2) is 29.4 Å². The molecule has 0 aliphatic carbocycles. The van der Waals surface area contributed by atoms with Crippen LogP contribution in [0, 0.1) is 0 Å². The number of rotatable bonds is 5. The molecule has 106 valence electrons. The standard InChI is InChI=1S/C13H17N5OS/c1-18(2)12-11(7-14-9-16-12)17-13(19)15-5-3-10-4-6-20-8-10/h4,6-9H,3,5H2,1-2H3,(H2,15,17,19). The number of anilines is 2. The van der Waals surface area contributed by atoms with Crippen LogP contribution in [0.5, 0.6) is 0 Å². The van der Waals surface area contributed by atoms with Crippen LogP contribution in [0.25, 0.3) is 0 Å². The van der Waals surface area contributed by atoms with Crippen LogP contribution in [0.3, 0.4) is 0 Å². The predicted molar refractivity (Wildman–Crippen MR) is 81.4 cm³/mol. The fraction of sp³-hybridized carbons (Fsp3) is 0.308. The van der Waals surface area contributed by atoms with Gasteiger partial charge in [0.15, 0.2) is 5.82 Å². The molecule has 0 aromatic carbocycles. The lowest BCUT2D eigenvalue weighted by Crippen LogP contribution is -2.31. The van der Waals surface area contributed by atoms with E-state index in [9.17, 15) is 4.79 Å². The highest BCUT2D eigenvalue weighted by atomic mass is 32.1. The molecule has 0 bridgehead atoms. The number of aromatic nitrogens is 2. The van der Waals surface area contributed by atoms with Crippen molar-refractivity contribution in [2.45, 2.75) is 6.42 Å². The van der Waals surface area contributed by atoms with Crippen LogP contribution in [-0.4, -0.2) is 36.6 Å². The first-order valence-corrected chi connectivity index (χ1v) is 7.14. The molecule has 0 fully saturated rings. The highest BCUT2D eigenvalue weighted by Crippen LogP contribution is 2.18. The van der Waals surface area contributed by atoms with E-state index < -0.39 is 0 Å². The summed E-state index contributed by atoms with van der Waals surface area (Å²) in [6.45, 7) is 0.591. The number of thiophene rings is 1. The van der Waals surface area contributed by atoms with Crippen molar-refractivity contribution in [2.75, 3.05) is 30.9 Å². The highest BCUT2D eigenvalue weighted by molar-refractivity contribution is 7.07. The Balaban J connectivity index is 1.85. The Bertz CT molecular complexity index is 556. The van der Waals surface area contributed by atoms with Crippen molar-refractivity contribution < 1.29 is 4.79 Å². The molecule has 7 heteroatoms. The SMILES string of the molecule is CN(C)c1ncncc1NC(=O)NCCc1ccsc1. The number of carbonyl (C=O) groups excluding carboxylic acids is 1. The smallest absolute Gasteiger partial charge is 0.319 e. The maximum Gasteiger partial charge on any atom is 0.319 e. The van der Waals surface area contributed by atoms with Gasteiger partial charge in [0.1, 0.15) is 12.0 Å². The largest absolute Gasteiger partial charge is 0.361 e. The van der Waals surface area contributed by atoms with E-state index in [1.54, 1.807) is 17.5 Å². The fourth-order valence-electron chi connectivity index (χ4n) is 1.69. The van der Waals surface area contributed by atoms with E-state index in [0.29, 0.717) is 18.1 Å². The van der Waals surface area contributed by atoms with Crippen molar-refractivity contribution in [1.29, 1.82) is 0 Å². The van der Waals surface area contributed by atoms with E-state index in [0.717, 1.165) is 6.42 Å². The lowest BCUT2D eigenvalue weighted by atomic mass is 10.2. The Morgan fingerprint density at radius 1 is 1.45 bits per heavy atom. The van der Waals surface area contributed by atoms with Crippen LogP contribution in [0.2, 0.25) is 0 Å². The second-order valence-electron chi connectivity index (χ2n) is 4.42. The number of urea groups is 1. The van der Waals surface area contributed by atoms with Crippen LogP contribution < -0.4 is 15.5 Å². The van der Waals surface area contributed by atoms with Gasteiger partial charge in [-0.2, -0.15) is 11.3 Å². The van der Waals surface area contributed by atoms with E-state index in [1.807, 2.05) is 24.4 Å². The van der Waals surface area contributed by atoms with E-state index >= 15 is 0 Å². The minimum Gasteiger partial charge on any atom is -0.361 e. The molecule has 2 rings (SSSR count). The summed E-state index contributed by atoms with van der Waals surface area (Å²) in [5, 5.41) is 9.68. The average Bonchev–Trinajstić information content (AvgIpc) is 2.92.